The molecule has 108 valence electrons. The Kier molecular flexibility index (Phi) is 4.74. The molecule has 2 rings (SSSR count). The number of carboxylic acids is 1. The predicted octanol–water partition coefficient (Wildman–Crippen LogP) is 1.67. The van der Waals surface area contributed by atoms with Crippen molar-refractivity contribution in [3.63, 3.8) is 0 Å². The smallest absolute Gasteiger partial charge is 0.326 e. The monoisotopic (exact) mass is 277 g/mol. The summed E-state index contributed by atoms with van der Waals surface area (Å²) in [6.45, 7) is 2.51. The highest BCUT2D eigenvalue weighted by molar-refractivity contribution is 5.86. The molecular formula is C15H19NO4. The first kappa shape index (κ1) is 14.5. The second kappa shape index (κ2) is 6.52. The van der Waals surface area contributed by atoms with Crippen molar-refractivity contribution in [1.82, 2.24) is 4.90 Å². The second-order valence-corrected chi connectivity index (χ2v) is 4.97. The Balaban J connectivity index is 1.90. The number of carboxylic acid groups (broad SMARTS) is 1. The van der Waals surface area contributed by atoms with Crippen molar-refractivity contribution >= 4 is 11.9 Å². The maximum absolute atomic E-state index is 12.2. The fraction of sp³-hybridized carbons (Fsp3) is 0.467. The highest BCUT2D eigenvalue weighted by Crippen LogP contribution is 2.19. The third-order valence-electron chi connectivity index (χ3n) is 3.51. The Labute approximate surface area is 118 Å². The van der Waals surface area contributed by atoms with Gasteiger partial charge in [-0.1, -0.05) is 30.3 Å². The van der Waals surface area contributed by atoms with Gasteiger partial charge in [0.05, 0.1) is 6.61 Å². The summed E-state index contributed by atoms with van der Waals surface area (Å²) in [6, 6.07) is 8.88. The van der Waals surface area contributed by atoms with Crippen molar-refractivity contribution in [2.24, 2.45) is 0 Å². The Morgan fingerprint density at radius 2 is 2.10 bits per heavy atom. The van der Waals surface area contributed by atoms with Gasteiger partial charge in [-0.2, -0.15) is 0 Å². The van der Waals surface area contributed by atoms with Gasteiger partial charge < -0.3 is 14.7 Å². The van der Waals surface area contributed by atoms with Crippen LogP contribution >= 0.6 is 0 Å². The van der Waals surface area contributed by atoms with Gasteiger partial charge in [0, 0.05) is 6.54 Å². The molecule has 2 atom stereocenters. The second-order valence-electron chi connectivity index (χ2n) is 4.97. The molecule has 1 aliphatic rings. The van der Waals surface area contributed by atoms with Crippen LogP contribution in [-0.2, 0) is 20.9 Å². The fourth-order valence-corrected chi connectivity index (χ4v) is 2.39. The van der Waals surface area contributed by atoms with Crippen LogP contribution in [0.3, 0.4) is 0 Å². The first-order valence-electron chi connectivity index (χ1n) is 6.78. The number of hydrogen-bond acceptors (Lipinski definition) is 3. The summed E-state index contributed by atoms with van der Waals surface area (Å²) < 4.78 is 5.55. The summed E-state index contributed by atoms with van der Waals surface area (Å²) in [5, 5.41) is 9.09. The standard InChI is InChI=1S/C15H19NO4/c1-11(20-10-12-6-3-2-4-7-12)14(17)16-9-5-8-13(16)15(18)19/h2-4,6-7,11,13H,5,8-10H2,1H3,(H,18,19). The highest BCUT2D eigenvalue weighted by atomic mass is 16.5. The van der Waals surface area contributed by atoms with Crippen LogP contribution in [0.15, 0.2) is 30.3 Å². The van der Waals surface area contributed by atoms with Gasteiger partial charge in [0.2, 0.25) is 0 Å². The van der Waals surface area contributed by atoms with E-state index >= 15 is 0 Å². The summed E-state index contributed by atoms with van der Waals surface area (Å²) in [6.07, 6.45) is 0.621. The van der Waals surface area contributed by atoms with Crippen LogP contribution in [0.1, 0.15) is 25.3 Å². The minimum Gasteiger partial charge on any atom is -0.480 e. The molecule has 1 amide bonds. The average Bonchev–Trinajstić information content (AvgIpc) is 2.94. The minimum absolute atomic E-state index is 0.245. The third kappa shape index (κ3) is 3.36. The summed E-state index contributed by atoms with van der Waals surface area (Å²) in [7, 11) is 0. The number of hydrogen-bond donors (Lipinski definition) is 1. The van der Waals surface area contributed by atoms with Crippen LogP contribution in [0.2, 0.25) is 0 Å². The van der Waals surface area contributed by atoms with Crippen molar-refractivity contribution in [3.8, 4) is 0 Å². The molecule has 5 heteroatoms. The third-order valence-corrected chi connectivity index (χ3v) is 3.51. The van der Waals surface area contributed by atoms with E-state index in [2.05, 4.69) is 0 Å². The summed E-state index contributed by atoms with van der Waals surface area (Å²) in [5.74, 6) is -1.18. The molecule has 0 saturated carbocycles. The Morgan fingerprint density at radius 3 is 2.75 bits per heavy atom. The van der Waals surface area contributed by atoms with E-state index < -0.39 is 18.1 Å². The molecule has 0 aliphatic carbocycles. The maximum atomic E-state index is 12.2. The molecule has 1 aliphatic heterocycles. The van der Waals surface area contributed by atoms with Crippen LogP contribution < -0.4 is 0 Å². The molecule has 20 heavy (non-hydrogen) atoms. The number of amides is 1. The topological polar surface area (TPSA) is 66.8 Å². The molecule has 0 spiro atoms. The minimum atomic E-state index is -0.939. The van der Waals surface area contributed by atoms with E-state index in [4.69, 9.17) is 9.84 Å². The largest absolute Gasteiger partial charge is 0.480 e. The van der Waals surface area contributed by atoms with Gasteiger partial charge in [0.1, 0.15) is 12.1 Å². The summed E-state index contributed by atoms with van der Waals surface area (Å²) in [4.78, 5) is 24.7. The van der Waals surface area contributed by atoms with Gasteiger partial charge in [-0.05, 0) is 25.3 Å². The number of ether oxygens (including phenoxy) is 1. The lowest BCUT2D eigenvalue weighted by Crippen LogP contribution is -2.45. The zero-order valence-corrected chi connectivity index (χ0v) is 11.5. The SMILES string of the molecule is CC(OCc1ccccc1)C(=O)N1CCCC1C(=O)O. The zero-order chi connectivity index (χ0) is 14.5. The van der Waals surface area contributed by atoms with Crippen molar-refractivity contribution in [2.45, 2.75) is 38.5 Å². The van der Waals surface area contributed by atoms with E-state index in [0.29, 0.717) is 19.6 Å². The van der Waals surface area contributed by atoms with Crippen LogP contribution in [0.4, 0.5) is 0 Å². The van der Waals surface area contributed by atoms with Gasteiger partial charge in [-0.15, -0.1) is 0 Å². The number of carbonyl (C=O) groups excluding carboxylic acids is 1. The Bertz CT molecular complexity index is 474. The zero-order valence-electron chi connectivity index (χ0n) is 11.5. The number of rotatable bonds is 5. The number of aliphatic carboxylic acids is 1. The fourth-order valence-electron chi connectivity index (χ4n) is 2.39. The molecule has 1 saturated heterocycles. The van der Waals surface area contributed by atoms with Crippen LogP contribution in [0.5, 0.6) is 0 Å². The molecule has 1 fully saturated rings. The van der Waals surface area contributed by atoms with Gasteiger partial charge in [-0.3, -0.25) is 4.79 Å². The van der Waals surface area contributed by atoms with Gasteiger partial charge in [0.25, 0.3) is 5.91 Å². The van der Waals surface area contributed by atoms with Crippen LogP contribution in [0, 0.1) is 0 Å². The first-order chi connectivity index (χ1) is 9.59. The van der Waals surface area contributed by atoms with Gasteiger partial charge in [-0.25, -0.2) is 4.79 Å². The molecule has 1 N–H and O–H groups in total. The molecule has 1 aromatic rings. The van der Waals surface area contributed by atoms with Crippen LogP contribution in [0.25, 0.3) is 0 Å². The van der Waals surface area contributed by atoms with E-state index in [1.54, 1.807) is 6.92 Å². The van der Waals surface area contributed by atoms with E-state index in [9.17, 15) is 9.59 Å². The number of carbonyl (C=O) groups is 2. The Morgan fingerprint density at radius 1 is 1.40 bits per heavy atom. The van der Waals surface area contributed by atoms with E-state index in [0.717, 1.165) is 12.0 Å². The number of nitrogens with zero attached hydrogens (tertiary/aromatic N) is 1. The molecule has 0 bridgehead atoms. The van der Waals surface area contributed by atoms with Crippen molar-refractivity contribution in [2.75, 3.05) is 6.54 Å². The lowest BCUT2D eigenvalue weighted by atomic mass is 10.2. The molecule has 1 aromatic carbocycles. The van der Waals surface area contributed by atoms with Gasteiger partial charge >= 0.3 is 5.97 Å². The molecule has 2 unspecified atom stereocenters. The van der Waals surface area contributed by atoms with Crippen molar-refractivity contribution in [3.05, 3.63) is 35.9 Å². The maximum Gasteiger partial charge on any atom is 0.326 e. The van der Waals surface area contributed by atoms with E-state index in [1.807, 2.05) is 30.3 Å². The molecular weight excluding hydrogens is 258 g/mol. The number of benzene rings is 1. The molecule has 5 nitrogen and oxygen atoms in total. The lowest BCUT2D eigenvalue weighted by Gasteiger charge is -2.24. The quantitative estimate of drug-likeness (QED) is 0.889. The summed E-state index contributed by atoms with van der Waals surface area (Å²) in [5.41, 5.74) is 0.989. The predicted molar refractivity (Wildman–Crippen MR) is 73.1 cm³/mol. The number of likely N-dealkylation sites (tertiary alicyclic amines) is 1. The normalized spacial score (nSPS) is 19.9. The lowest BCUT2D eigenvalue weighted by molar-refractivity contribution is -0.153. The Hall–Kier alpha value is -1.88. The summed E-state index contributed by atoms with van der Waals surface area (Å²) >= 11 is 0. The average molecular weight is 277 g/mol. The van der Waals surface area contributed by atoms with E-state index in [-0.39, 0.29) is 5.91 Å². The highest BCUT2D eigenvalue weighted by Gasteiger charge is 2.36. The van der Waals surface area contributed by atoms with Crippen LogP contribution in [-0.4, -0.2) is 40.6 Å². The molecule has 0 aromatic heterocycles. The molecule has 1 heterocycles. The van der Waals surface area contributed by atoms with E-state index in [1.165, 1.54) is 4.90 Å². The molecule has 0 radical (unpaired) electrons. The van der Waals surface area contributed by atoms with Crippen molar-refractivity contribution < 1.29 is 19.4 Å². The van der Waals surface area contributed by atoms with Gasteiger partial charge in [0.15, 0.2) is 0 Å². The first-order valence-corrected chi connectivity index (χ1v) is 6.78. The van der Waals surface area contributed by atoms with Crippen molar-refractivity contribution in [1.29, 1.82) is 0 Å².